The molecule has 5 nitrogen and oxygen atoms in total. The molecule has 0 atom stereocenters. The summed E-state index contributed by atoms with van der Waals surface area (Å²) in [5.74, 6) is 0. The molecule has 1 heterocycles. The Morgan fingerprint density at radius 3 is 2.43 bits per heavy atom. The summed E-state index contributed by atoms with van der Waals surface area (Å²) in [5.41, 5.74) is 1.05. The third-order valence-electron chi connectivity index (χ3n) is 3.07. The van der Waals surface area contributed by atoms with Gasteiger partial charge >= 0.3 is 0 Å². The van der Waals surface area contributed by atoms with Crippen molar-refractivity contribution < 1.29 is 8.42 Å². The summed E-state index contributed by atoms with van der Waals surface area (Å²) in [6.07, 6.45) is 3.37. The molecule has 0 aliphatic heterocycles. The van der Waals surface area contributed by atoms with E-state index in [-0.39, 0.29) is 4.90 Å². The summed E-state index contributed by atoms with van der Waals surface area (Å²) in [6.45, 7) is 0. The van der Waals surface area contributed by atoms with Crippen molar-refractivity contribution in [1.29, 1.82) is 0 Å². The van der Waals surface area contributed by atoms with Crippen LogP contribution in [0.3, 0.4) is 0 Å². The van der Waals surface area contributed by atoms with Crippen LogP contribution in [-0.2, 0) is 10.0 Å². The van der Waals surface area contributed by atoms with Crippen LogP contribution in [0.2, 0.25) is 5.02 Å². The predicted molar refractivity (Wildman–Crippen MR) is 93.5 cm³/mol. The van der Waals surface area contributed by atoms with E-state index in [1.54, 1.807) is 35.3 Å². The minimum absolute atomic E-state index is 0.137. The first kappa shape index (κ1) is 16.0. The molecule has 0 fully saturated rings. The van der Waals surface area contributed by atoms with Gasteiger partial charge in [-0.25, -0.2) is 13.1 Å². The molecule has 0 saturated carbocycles. The van der Waals surface area contributed by atoms with Crippen molar-refractivity contribution in [3.8, 4) is 5.69 Å². The number of anilines is 1. The van der Waals surface area contributed by atoms with Gasteiger partial charge in [-0.2, -0.15) is 5.10 Å². The van der Waals surface area contributed by atoms with E-state index in [1.807, 2.05) is 6.07 Å². The van der Waals surface area contributed by atoms with Crippen molar-refractivity contribution in [2.24, 2.45) is 0 Å². The fraction of sp³-hybridized carbons (Fsp3) is 0. The van der Waals surface area contributed by atoms with Crippen LogP contribution in [0, 0.1) is 0 Å². The van der Waals surface area contributed by atoms with Gasteiger partial charge in [-0.1, -0.05) is 23.7 Å². The summed E-state index contributed by atoms with van der Waals surface area (Å²) < 4.78 is 30.0. The van der Waals surface area contributed by atoms with Gasteiger partial charge in [0.15, 0.2) is 0 Å². The second kappa shape index (κ2) is 6.35. The molecule has 0 spiro atoms. The van der Waals surface area contributed by atoms with Crippen LogP contribution >= 0.6 is 27.5 Å². The zero-order chi connectivity index (χ0) is 16.4. The first-order valence-electron chi connectivity index (χ1n) is 6.54. The Kier molecular flexibility index (Phi) is 4.43. The minimum atomic E-state index is -3.72. The lowest BCUT2D eigenvalue weighted by atomic mass is 10.3. The number of halogens is 2. The highest BCUT2D eigenvalue weighted by Gasteiger charge is 2.16. The van der Waals surface area contributed by atoms with E-state index < -0.39 is 10.0 Å². The Bertz CT molecular complexity index is 939. The van der Waals surface area contributed by atoms with Gasteiger partial charge in [-0.05, 0) is 52.3 Å². The summed E-state index contributed by atoms with van der Waals surface area (Å²) in [7, 11) is -3.72. The lowest BCUT2D eigenvalue weighted by Gasteiger charge is -2.12. The molecule has 0 saturated heterocycles. The average Bonchev–Trinajstić information content (AvgIpc) is 2.94. The van der Waals surface area contributed by atoms with Crippen molar-refractivity contribution in [2.75, 3.05) is 4.72 Å². The van der Waals surface area contributed by atoms with Crippen LogP contribution in [0.4, 0.5) is 5.69 Å². The van der Waals surface area contributed by atoms with Crippen LogP contribution < -0.4 is 4.72 Å². The Morgan fingerprint density at radius 2 is 1.78 bits per heavy atom. The Balaban J connectivity index is 1.98. The third kappa shape index (κ3) is 3.57. The molecule has 8 heteroatoms. The highest BCUT2D eigenvalue weighted by Crippen LogP contribution is 2.24. The largest absolute Gasteiger partial charge is 0.277 e. The smallest absolute Gasteiger partial charge is 0.261 e. The molecule has 1 N–H and O–H groups in total. The fourth-order valence-corrected chi connectivity index (χ4v) is 3.50. The third-order valence-corrected chi connectivity index (χ3v) is 5.11. The maximum Gasteiger partial charge on any atom is 0.261 e. The number of hydrogen-bond acceptors (Lipinski definition) is 3. The highest BCUT2D eigenvalue weighted by molar-refractivity contribution is 9.10. The van der Waals surface area contributed by atoms with Gasteiger partial charge in [0.05, 0.1) is 26.9 Å². The molecule has 0 unspecified atom stereocenters. The van der Waals surface area contributed by atoms with E-state index in [9.17, 15) is 8.42 Å². The molecule has 2 aromatic carbocycles. The number of nitrogens with zero attached hydrogens (tertiary/aromatic N) is 2. The summed E-state index contributed by atoms with van der Waals surface area (Å²) in [4.78, 5) is 0.137. The fourth-order valence-electron chi connectivity index (χ4n) is 2.01. The van der Waals surface area contributed by atoms with Gasteiger partial charge in [0.1, 0.15) is 0 Å². The first-order chi connectivity index (χ1) is 11.0. The van der Waals surface area contributed by atoms with E-state index >= 15 is 0 Å². The predicted octanol–water partition coefficient (Wildman–Crippen LogP) is 4.09. The SMILES string of the molecule is O=S(=O)(Nc1ccccc1-n1cc(Br)cn1)c1ccc(Cl)cc1. The van der Waals surface area contributed by atoms with Gasteiger partial charge in [0, 0.05) is 11.2 Å². The molecular formula is C15H11BrClN3O2S. The van der Waals surface area contributed by atoms with Gasteiger partial charge in [0.2, 0.25) is 0 Å². The molecule has 23 heavy (non-hydrogen) atoms. The summed E-state index contributed by atoms with van der Waals surface area (Å²) >= 11 is 9.12. The van der Waals surface area contributed by atoms with Crippen LogP contribution in [0.5, 0.6) is 0 Å². The summed E-state index contributed by atoms with van der Waals surface area (Å²) in [5, 5.41) is 4.66. The quantitative estimate of drug-likeness (QED) is 0.702. The molecule has 118 valence electrons. The van der Waals surface area contributed by atoms with E-state index in [0.717, 1.165) is 4.47 Å². The normalized spacial score (nSPS) is 11.4. The second-order valence-electron chi connectivity index (χ2n) is 4.68. The minimum Gasteiger partial charge on any atom is -0.277 e. The van der Waals surface area contributed by atoms with Crippen LogP contribution in [-0.4, -0.2) is 18.2 Å². The second-order valence-corrected chi connectivity index (χ2v) is 7.71. The summed E-state index contributed by atoms with van der Waals surface area (Å²) in [6, 6.07) is 13.0. The Labute approximate surface area is 147 Å². The van der Waals surface area contributed by atoms with Crippen molar-refractivity contribution >= 4 is 43.2 Å². The van der Waals surface area contributed by atoms with Gasteiger partial charge in [-0.3, -0.25) is 4.72 Å². The number of benzene rings is 2. The molecule has 0 aliphatic rings. The van der Waals surface area contributed by atoms with Gasteiger partial charge in [0.25, 0.3) is 10.0 Å². The molecule has 0 bridgehead atoms. The van der Waals surface area contributed by atoms with E-state index in [4.69, 9.17) is 11.6 Å². The molecule has 0 aliphatic carbocycles. The first-order valence-corrected chi connectivity index (χ1v) is 9.19. The van der Waals surface area contributed by atoms with E-state index in [0.29, 0.717) is 16.4 Å². The topological polar surface area (TPSA) is 64.0 Å². The Hall–Kier alpha value is -1.83. The molecule has 3 aromatic rings. The monoisotopic (exact) mass is 411 g/mol. The number of nitrogens with one attached hydrogen (secondary N) is 1. The van der Waals surface area contributed by atoms with E-state index in [1.165, 1.54) is 24.3 Å². The highest BCUT2D eigenvalue weighted by atomic mass is 79.9. The molecule has 0 amide bonds. The maximum atomic E-state index is 12.5. The van der Waals surface area contributed by atoms with Gasteiger partial charge in [-0.15, -0.1) is 0 Å². The molecule has 1 aromatic heterocycles. The standard InChI is InChI=1S/C15H11BrClN3O2S/c16-11-9-18-20(10-11)15-4-2-1-3-14(15)19-23(21,22)13-7-5-12(17)6-8-13/h1-10,19H. The number of sulfonamides is 1. The maximum absolute atomic E-state index is 12.5. The van der Waals surface area contributed by atoms with Crippen molar-refractivity contribution in [2.45, 2.75) is 4.90 Å². The number of rotatable bonds is 4. The molecule has 3 rings (SSSR count). The van der Waals surface area contributed by atoms with Crippen molar-refractivity contribution in [3.63, 3.8) is 0 Å². The van der Waals surface area contributed by atoms with Crippen LogP contribution in [0.15, 0.2) is 70.3 Å². The van der Waals surface area contributed by atoms with Crippen LogP contribution in [0.1, 0.15) is 0 Å². The zero-order valence-corrected chi connectivity index (χ0v) is 14.8. The van der Waals surface area contributed by atoms with Crippen molar-refractivity contribution in [1.82, 2.24) is 9.78 Å². The van der Waals surface area contributed by atoms with E-state index in [2.05, 4.69) is 25.8 Å². The Morgan fingerprint density at radius 1 is 1.09 bits per heavy atom. The van der Waals surface area contributed by atoms with Crippen LogP contribution in [0.25, 0.3) is 5.69 Å². The zero-order valence-electron chi connectivity index (χ0n) is 11.6. The molecule has 0 radical (unpaired) electrons. The van der Waals surface area contributed by atoms with Gasteiger partial charge < -0.3 is 0 Å². The number of para-hydroxylation sites is 2. The average molecular weight is 413 g/mol. The number of aromatic nitrogens is 2. The lowest BCUT2D eigenvalue weighted by molar-refractivity contribution is 0.601. The van der Waals surface area contributed by atoms with Crippen molar-refractivity contribution in [3.05, 3.63) is 70.4 Å². The molecular weight excluding hydrogens is 402 g/mol. The lowest BCUT2D eigenvalue weighted by Crippen LogP contribution is -2.14. The number of hydrogen-bond donors (Lipinski definition) is 1.